The molecule has 1 aromatic rings. The summed E-state index contributed by atoms with van der Waals surface area (Å²) in [5.41, 5.74) is 1.44. The van der Waals surface area contributed by atoms with Gasteiger partial charge in [0, 0.05) is 24.5 Å². The van der Waals surface area contributed by atoms with Gasteiger partial charge in [0.15, 0.2) is 0 Å². The van der Waals surface area contributed by atoms with Gasteiger partial charge in [0.1, 0.15) is 0 Å². The lowest BCUT2D eigenvalue weighted by molar-refractivity contribution is 0.284. The van der Waals surface area contributed by atoms with E-state index in [4.69, 9.17) is 0 Å². The number of aromatic amines is 1. The van der Waals surface area contributed by atoms with E-state index >= 15 is 0 Å². The quantitative estimate of drug-likeness (QED) is 0.748. The highest BCUT2D eigenvalue weighted by molar-refractivity contribution is 4.97. The highest BCUT2D eigenvalue weighted by Gasteiger charge is 2.18. The molecule has 0 radical (unpaired) electrons. The van der Waals surface area contributed by atoms with E-state index < -0.39 is 0 Å². The van der Waals surface area contributed by atoms with Crippen molar-refractivity contribution in [2.24, 2.45) is 5.41 Å². The molecule has 1 rings (SSSR count). The Hall–Kier alpha value is -0.830. The topological polar surface area (TPSA) is 40.7 Å². The number of hydrogen-bond acceptors (Lipinski definition) is 2. The smallest absolute Gasteiger partial charge is 0.0490 e. The van der Waals surface area contributed by atoms with Gasteiger partial charge in [0.2, 0.25) is 0 Å². The van der Waals surface area contributed by atoms with E-state index in [-0.39, 0.29) is 0 Å². The van der Waals surface area contributed by atoms with Gasteiger partial charge in [0.05, 0.1) is 0 Å². The van der Waals surface area contributed by atoms with Gasteiger partial charge in [-0.3, -0.25) is 5.10 Å². The lowest BCUT2D eigenvalue weighted by atomic mass is 9.88. The molecule has 0 saturated carbocycles. The van der Waals surface area contributed by atoms with Gasteiger partial charge in [-0.1, -0.05) is 20.8 Å². The molecule has 0 aliphatic rings. The minimum Gasteiger partial charge on any atom is -0.308 e. The van der Waals surface area contributed by atoms with E-state index in [0.717, 1.165) is 12.2 Å². The zero-order valence-electron chi connectivity index (χ0n) is 8.89. The molecular weight excluding hydrogens is 162 g/mol. The van der Waals surface area contributed by atoms with Crippen molar-refractivity contribution in [3.8, 4) is 0 Å². The molecule has 1 unspecified atom stereocenters. The Morgan fingerprint density at radius 3 is 2.69 bits per heavy atom. The first-order valence-electron chi connectivity index (χ1n) is 4.72. The van der Waals surface area contributed by atoms with E-state index in [1.807, 2.05) is 6.07 Å². The van der Waals surface area contributed by atoms with Gasteiger partial charge in [-0.15, -0.1) is 0 Å². The number of rotatable bonds is 3. The van der Waals surface area contributed by atoms with Crippen molar-refractivity contribution in [2.45, 2.75) is 40.3 Å². The van der Waals surface area contributed by atoms with Crippen molar-refractivity contribution in [2.75, 3.05) is 0 Å². The molecule has 0 fully saturated rings. The summed E-state index contributed by atoms with van der Waals surface area (Å²) in [6, 6.07) is 2.48. The molecule has 13 heavy (non-hydrogen) atoms. The maximum atomic E-state index is 3.90. The highest BCUT2D eigenvalue weighted by Crippen LogP contribution is 2.18. The Labute approximate surface area is 79.9 Å². The fourth-order valence-corrected chi connectivity index (χ4v) is 0.952. The van der Waals surface area contributed by atoms with Crippen LogP contribution in [-0.2, 0) is 6.54 Å². The summed E-state index contributed by atoms with van der Waals surface area (Å²) in [5, 5.41) is 10.3. The monoisotopic (exact) mass is 181 g/mol. The SMILES string of the molecule is CC(NCc1ccn[nH]1)C(C)(C)C. The third-order valence-corrected chi connectivity index (χ3v) is 2.46. The highest BCUT2D eigenvalue weighted by atomic mass is 15.1. The van der Waals surface area contributed by atoms with E-state index in [1.165, 1.54) is 0 Å². The third kappa shape index (κ3) is 3.19. The van der Waals surface area contributed by atoms with E-state index in [2.05, 4.69) is 43.2 Å². The van der Waals surface area contributed by atoms with Crippen LogP contribution in [0.2, 0.25) is 0 Å². The molecule has 0 amide bonds. The van der Waals surface area contributed by atoms with Gasteiger partial charge < -0.3 is 5.32 Å². The fraction of sp³-hybridized carbons (Fsp3) is 0.700. The van der Waals surface area contributed by atoms with Crippen LogP contribution in [0, 0.1) is 5.41 Å². The van der Waals surface area contributed by atoms with Crippen molar-refractivity contribution in [3.63, 3.8) is 0 Å². The molecule has 0 aliphatic heterocycles. The van der Waals surface area contributed by atoms with Crippen LogP contribution >= 0.6 is 0 Å². The maximum Gasteiger partial charge on any atom is 0.0490 e. The first-order valence-corrected chi connectivity index (χ1v) is 4.72. The average Bonchev–Trinajstić information content (AvgIpc) is 2.50. The third-order valence-electron chi connectivity index (χ3n) is 2.46. The summed E-state index contributed by atoms with van der Waals surface area (Å²) in [4.78, 5) is 0. The van der Waals surface area contributed by atoms with Crippen molar-refractivity contribution >= 4 is 0 Å². The molecule has 0 aromatic carbocycles. The minimum atomic E-state index is 0.306. The van der Waals surface area contributed by atoms with Crippen molar-refractivity contribution < 1.29 is 0 Å². The molecule has 1 heterocycles. The summed E-state index contributed by atoms with van der Waals surface area (Å²) in [6.45, 7) is 9.77. The normalized spacial score (nSPS) is 14.5. The predicted octanol–water partition coefficient (Wildman–Crippen LogP) is 1.93. The van der Waals surface area contributed by atoms with Crippen molar-refractivity contribution in [1.82, 2.24) is 15.5 Å². The van der Waals surface area contributed by atoms with Gasteiger partial charge >= 0.3 is 0 Å². The fourth-order valence-electron chi connectivity index (χ4n) is 0.952. The molecule has 3 nitrogen and oxygen atoms in total. The standard InChI is InChI=1S/C10H19N3/c1-8(10(2,3)4)11-7-9-5-6-12-13-9/h5-6,8,11H,7H2,1-4H3,(H,12,13). The summed E-state index contributed by atoms with van der Waals surface area (Å²) in [6.07, 6.45) is 1.78. The molecule has 2 N–H and O–H groups in total. The lowest BCUT2D eigenvalue weighted by Crippen LogP contribution is -2.37. The minimum absolute atomic E-state index is 0.306. The van der Waals surface area contributed by atoms with Gasteiger partial charge in [-0.05, 0) is 18.4 Å². The van der Waals surface area contributed by atoms with E-state index in [0.29, 0.717) is 11.5 Å². The molecule has 1 atom stereocenters. The zero-order valence-corrected chi connectivity index (χ0v) is 8.89. The lowest BCUT2D eigenvalue weighted by Gasteiger charge is -2.27. The zero-order chi connectivity index (χ0) is 9.90. The predicted molar refractivity (Wildman–Crippen MR) is 54.3 cm³/mol. The first kappa shape index (κ1) is 10.3. The molecule has 0 saturated heterocycles. The maximum absolute atomic E-state index is 3.90. The van der Waals surface area contributed by atoms with E-state index in [1.54, 1.807) is 6.20 Å². The van der Waals surface area contributed by atoms with Gasteiger partial charge in [0.25, 0.3) is 0 Å². The van der Waals surface area contributed by atoms with Gasteiger partial charge in [-0.2, -0.15) is 5.10 Å². The van der Waals surface area contributed by atoms with Crippen molar-refractivity contribution in [3.05, 3.63) is 18.0 Å². The Balaban J connectivity index is 2.35. The molecule has 74 valence electrons. The van der Waals surface area contributed by atoms with Gasteiger partial charge in [-0.25, -0.2) is 0 Å². The summed E-state index contributed by atoms with van der Waals surface area (Å²) in [5.74, 6) is 0. The Morgan fingerprint density at radius 1 is 1.54 bits per heavy atom. The summed E-state index contributed by atoms with van der Waals surface area (Å²) >= 11 is 0. The first-order chi connectivity index (χ1) is 6.00. The second-order valence-corrected chi connectivity index (χ2v) is 4.55. The van der Waals surface area contributed by atoms with Crippen LogP contribution in [0.5, 0.6) is 0 Å². The van der Waals surface area contributed by atoms with Crippen LogP contribution in [0.3, 0.4) is 0 Å². The van der Waals surface area contributed by atoms with Crippen LogP contribution in [0.25, 0.3) is 0 Å². The summed E-state index contributed by atoms with van der Waals surface area (Å²) in [7, 11) is 0. The second kappa shape index (κ2) is 3.92. The molecule has 3 heteroatoms. The number of nitrogens with zero attached hydrogens (tertiary/aromatic N) is 1. The molecule has 0 spiro atoms. The molecule has 0 bridgehead atoms. The Bertz CT molecular complexity index is 233. The molecule has 0 aliphatic carbocycles. The molecule has 1 aromatic heterocycles. The van der Waals surface area contributed by atoms with Crippen LogP contribution in [-0.4, -0.2) is 16.2 Å². The van der Waals surface area contributed by atoms with Crippen LogP contribution in [0.15, 0.2) is 12.3 Å². The van der Waals surface area contributed by atoms with Crippen LogP contribution < -0.4 is 5.32 Å². The molecular formula is C10H19N3. The number of nitrogens with one attached hydrogen (secondary N) is 2. The second-order valence-electron chi connectivity index (χ2n) is 4.55. The van der Waals surface area contributed by atoms with Crippen LogP contribution in [0.1, 0.15) is 33.4 Å². The van der Waals surface area contributed by atoms with Crippen molar-refractivity contribution in [1.29, 1.82) is 0 Å². The largest absolute Gasteiger partial charge is 0.308 e. The Morgan fingerprint density at radius 2 is 2.23 bits per heavy atom. The van der Waals surface area contributed by atoms with E-state index in [9.17, 15) is 0 Å². The number of hydrogen-bond donors (Lipinski definition) is 2. The summed E-state index contributed by atoms with van der Waals surface area (Å²) < 4.78 is 0. The number of H-pyrrole nitrogens is 1. The average molecular weight is 181 g/mol. The van der Waals surface area contributed by atoms with Crippen LogP contribution in [0.4, 0.5) is 0 Å². The Kier molecular flexibility index (Phi) is 3.09. The number of aromatic nitrogens is 2.